The van der Waals surface area contributed by atoms with E-state index in [-0.39, 0.29) is 33.4 Å². The number of hydrogen-bond acceptors (Lipinski definition) is 0. The van der Waals surface area contributed by atoms with Gasteiger partial charge in [-0.15, -0.1) is 0 Å². The Kier molecular flexibility index (Phi) is 11.6. The molecule has 8 rings (SSSR count). The van der Waals surface area contributed by atoms with E-state index in [1.807, 2.05) is 0 Å². The lowest BCUT2D eigenvalue weighted by atomic mass is 9.95. The van der Waals surface area contributed by atoms with Crippen molar-refractivity contribution in [1.29, 1.82) is 0 Å². The van der Waals surface area contributed by atoms with E-state index in [1.165, 1.54) is 126 Å². The number of rotatable bonds is 7. The Morgan fingerprint density at radius 3 is 1.09 bits per heavy atom. The van der Waals surface area contributed by atoms with Crippen LogP contribution in [0.5, 0.6) is 0 Å². The monoisotopic (exact) mass is 1010 g/mol. The molecule has 0 saturated heterocycles. The van der Waals surface area contributed by atoms with Gasteiger partial charge in [-0.05, 0) is 182 Å². The second kappa shape index (κ2) is 25.1. The van der Waals surface area contributed by atoms with Crippen LogP contribution in [-0.4, -0.2) is 0 Å². The molecule has 4 heteroatoms. The molecule has 0 bridgehead atoms. The molecule has 0 fully saturated rings. The van der Waals surface area contributed by atoms with Gasteiger partial charge in [0.25, 0.3) is 0 Å². The predicted octanol–water partition coefficient (Wildman–Crippen LogP) is 16.1. The first-order chi connectivity index (χ1) is 43.5. The number of hydrogen-bond donors (Lipinski definition) is 0. The topological polar surface area (TPSA) is 15.5 Å². The highest BCUT2D eigenvalue weighted by Gasteiger charge is 2.20. The quantitative estimate of drug-likeness (QED) is 0.141. The fourth-order valence-electron chi connectivity index (χ4n) is 9.42. The molecule has 4 heterocycles. The molecule has 0 amide bonds. The van der Waals surface area contributed by atoms with E-state index in [9.17, 15) is 0 Å². The first-order valence-electron chi connectivity index (χ1n) is 36.0. The van der Waals surface area contributed by atoms with Crippen LogP contribution in [0.15, 0.2) is 122 Å². The molecule has 0 aliphatic heterocycles. The van der Waals surface area contributed by atoms with Gasteiger partial charge in [0, 0.05) is 98.9 Å². The van der Waals surface area contributed by atoms with Crippen LogP contribution >= 0.6 is 0 Å². The predicted molar refractivity (Wildman–Crippen MR) is 316 cm³/mol. The summed E-state index contributed by atoms with van der Waals surface area (Å²) in [6.07, 6.45) is 7.04. The van der Waals surface area contributed by atoms with Gasteiger partial charge in [-0.3, -0.25) is 0 Å². The summed E-state index contributed by atoms with van der Waals surface area (Å²) in [7, 11) is 7.44. The second-order valence-corrected chi connectivity index (χ2v) is 20.4. The highest BCUT2D eigenvalue weighted by molar-refractivity contribution is 5.65. The van der Waals surface area contributed by atoms with Gasteiger partial charge in [0.05, 0.1) is 0 Å². The van der Waals surface area contributed by atoms with Gasteiger partial charge in [0.15, 0.2) is 24.8 Å². The number of benzene rings is 4. The standard InChI is InChI=1S/3C18H24N.C16H20N/c1-12(2)16-7-8-17(14(4)9-16)18-10-13(3)15(5)11-19(18)6;1-12(2)17-10-18(19(6)11-15(17)5)16-8-7-13(3)9-14(16)4;1-12(2)17-11-19(6)18(10-15(17)5)16-8-7-13(3)9-14(16)4;1-11-6-7-15(13(3)8-11)16-9-12(2)14(4)10-17(16)5/h3*7-12H,1-6H3;6-10H,1-5H3/q4*+1/i1D3,2D3,3D3,5D3,12D;;;1D3,2D3,4D3. The number of aryl methyl sites for hydroxylation is 17. The van der Waals surface area contributed by atoms with Crippen molar-refractivity contribution in [2.75, 3.05) is 0 Å². The Morgan fingerprint density at radius 1 is 0.338 bits per heavy atom. The third-order valence-corrected chi connectivity index (χ3v) is 13.4. The van der Waals surface area contributed by atoms with E-state index < -0.39 is 53.9 Å². The Morgan fingerprint density at radius 2 is 0.703 bits per heavy atom. The van der Waals surface area contributed by atoms with Gasteiger partial charge in [-0.2, -0.15) is 0 Å². The van der Waals surface area contributed by atoms with Crippen molar-refractivity contribution in [3.05, 3.63) is 211 Å². The summed E-state index contributed by atoms with van der Waals surface area (Å²) in [5, 5.41) is 0. The minimum absolute atomic E-state index is 0.191. The Labute approximate surface area is 480 Å². The Bertz CT molecular complexity index is 4110. The first-order valence-corrected chi connectivity index (χ1v) is 25.0. The van der Waals surface area contributed by atoms with Crippen LogP contribution in [0.2, 0.25) is 0 Å². The van der Waals surface area contributed by atoms with Crippen LogP contribution in [0.4, 0.5) is 0 Å². The van der Waals surface area contributed by atoms with E-state index in [1.54, 1.807) is 38.6 Å². The lowest BCUT2D eigenvalue weighted by molar-refractivity contribution is -0.661. The minimum atomic E-state index is -3.13. The number of pyridine rings is 4. The summed E-state index contributed by atoms with van der Waals surface area (Å²) in [6, 6.07) is 29.2. The first kappa shape index (κ1) is 34.1. The zero-order chi connectivity index (χ0) is 73.5. The van der Waals surface area contributed by atoms with Crippen LogP contribution in [-0.2, 0) is 28.2 Å². The van der Waals surface area contributed by atoms with Crippen LogP contribution in [0.1, 0.15) is 178 Å². The largest absolute Gasteiger partial charge is 0.212 e. The molecular formula is C70H92N4+4. The van der Waals surface area contributed by atoms with Crippen molar-refractivity contribution in [2.45, 2.75) is 149 Å². The van der Waals surface area contributed by atoms with Crippen LogP contribution in [0.25, 0.3) is 45.0 Å². The summed E-state index contributed by atoms with van der Waals surface area (Å²) in [6.45, 7) is 6.41. The highest BCUT2D eigenvalue weighted by Crippen LogP contribution is 2.29. The van der Waals surface area contributed by atoms with Gasteiger partial charge < -0.3 is 0 Å². The lowest BCUT2D eigenvalue weighted by Gasteiger charge is -2.12. The number of aromatic nitrogens is 4. The molecule has 0 N–H and O–H groups in total. The molecule has 8 aromatic rings. The summed E-state index contributed by atoms with van der Waals surface area (Å²) in [5.74, 6) is -1.73. The van der Waals surface area contributed by atoms with Gasteiger partial charge in [-0.1, -0.05) is 107 Å². The normalized spacial score (nSPS) is 16.7. The van der Waals surface area contributed by atoms with Gasteiger partial charge in [0.1, 0.15) is 28.2 Å². The van der Waals surface area contributed by atoms with E-state index in [4.69, 9.17) is 30.2 Å². The molecule has 388 valence electrons. The SMILES string of the molecule is Cc1ccc(-c2cc(C(C)C)c(C)c[n+]2C)c(C)c1.Cc1ccc(-c2cc(C)c(C(C)C)c[n+]2C)c(C)c1.[2H]C([2H])([2H])c1cc(-c2ccc(C([2H])(C([2H])([2H])[2H])C([2H])([2H])[2H])cc2C)[n+](C)cc1C([2H])([2H])[2H].[2H]C([2H])([2H])c1ccc(-c2cc(C([2H])([2H])[2H])c(C([2H])([2H])[2H])c[n+]2C)c(C)c1. The Balaban J connectivity index is 0.000000237. The maximum atomic E-state index is 8.32. The Hall–Kier alpha value is -6.52. The van der Waals surface area contributed by atoms with Gasteiger partial charge in [-0.25, -0.2) is 18.3 Å². The van der Waals surface area contributed by atoms with Crippen LogP contribution < -0.4 is 18.3 Å². The maximum absolute atomic E-state index is 8.32. The van der Waals surface area contributed by atoms with Crippen molar-refractivity contribution in [1.82, 2.24) is 0 Å². The summed E-state index contributed by atoms with van der Waals surface area (Å²) in [5.41, 5.74) is 18.0. The van der Waals surface area contributed by atoms with Gasteiger partial charge in [0.2, 0.25) is 22.8 Å². The third-order valence-electron chi connectivity index (χ3n) is 13.4. The summed E-state index contributed by atoms with van der Waals surface area (Å²) < 4.78 is 176. The molecule has 0 radical (unpaired) electrons. The zero-order valence-electron chi connectivity index (χ0n) is 68.5. The molecule has 0 saturated carbocycles. The van der Waals surface area contributed by atoms with Crippen LogP contribution in [0, 0.1) is 89.6 Å². The summed E-state index contributed by atoms with van der Waals surface area (Å²) in [4.78, 5) is 0. The zero-order valence-corrected chi connectivity index (χ0v) is 46.5. The van der Waals surface area contributed by atoms with Crippen molar-refractivity contribution in [3.63, 3.8) is 0 Å². The average Bonchev–Trinajstić information content (AvgIpc) is 0.749. The van der Waals surface area contributed by atoms with E-state index in [0.29, 0.717) is 45.5 Å². The maximum Gasteiger partial charge on any atom is 0.212 e. The molecular weight excluding hydrogens is 897 g/mol. The van der Waals surface area contributed by atoms with Crippen LogP contribution in [0.3, 0.4) is 0 Å². The molecule has 0 aliphatic rings. The molecule has 74 heavy (non-hydrogen) atoms. The molecule has 4 nitrogen and oxygen atoms in total. The van der Waals surface area contributed by atoms with E-state index in [2.05, 4.69) is 153 Å². The smallest absolute Gasteiger partial charge is 0.201 e. The van der Waals surface area contributed by atoms with Crippen molar-refractivity contribution >= 4 is 0 Å². The molecule has 4 aromatic carbocycles. The average molecular weight is 1010 g/mol. The number of nitrogens with zero attached hydrogens (tertiary/aromatic N) is 4. The third kappa shape index (κ3) is 14.4. The molecule has 0 spiro atoms. The summed E-state index contributed by atoms with van der Waals surface area (Å²) >= 11 is 0. The van der Waals surface area contributed by atoms with Gasteiger partial charge >= 0.3 is 0 Å². The molecule has 4 aromatic heterocycles. The fourth-order valence-corrected chi connectivity index (χ4v) is 9.42. The molecule has 0 atom stereocenters. The van der Waals surface area contributed by atoms with Crippen molar-refractivity contribution < 1.29 is 48.4 Å². The van der Waals surface area contributed by atoms with Crippen molar-refractivity contribution in [3.8, 4) is 45.0 Å². The fraction of sp³-hybridized carbons (Fsp3) is 0.371. The van der Waals surface area contributed by atoms with Crippen molar-refractivity contribution in [2.24, 2.45) is 28.2 Å². The molecule has 0 aliphatic carbocycles. The second-order valence-electron chi connectivity index (χ2n) is 20.4. The molecule has 0 unspecified atom stereocenters. The minimum Gasteiger partial charge on any atom is -0.201 e. The highest BCUT2D eigenvalue weighted by atomic mass is 14.9. The van der Waals surface area contributed by atoms with E-state index in [0.717, 1.165) is 0 Å². The lowest BCUT2D eigenvalue weighted by Crippen LogP contribution is -2.32. The van der Waals surface area contributed by atoms with E-state index >= 15 is 0 Å².